The zero-order valence-electron chi connectivity index (χ0n) is 13.0. The van der Waals surface area contributed by atoms with Crippen LogP contribution in [0.4, 0.5) is 0 Å². The molecule has 0 aliphatic rings. The van der Waals surface area contributed by atoms with Crippen LogP contribution in [0, 0.1) is 12.8 Å². The van der Waals surface area contributed by atoms with E-state index in [2.05, 4.69) is 55.3 Å². The van der Waals surface area contributed by atoms with Gasteiger partial charge in [0.2, 0.25) is 0 Å². The molecule has 0 unspecified atom stereocenters. The third-order valence-corrected chi connectivity index (χ3v) is 4.30. The summed E-state index contributed by atoms with van der Waals surface area (Å²) in [5.41, 5.74) is 3.82. The molecular formula is C17H19N3OS. The molecule has 0 saturated heterocycles. The Hall–Kier alpha value is -2.14. The minimum atomic E-state index is -0.0483. The second-order valence-electron chi connectivity index (χ2n) is 5.87. The first-order valence-corrected chi connectivity index (χ1v) is 8.24. The van der Waals surface area contributed by atoms with E-state index in [-0.39, 0.29) is 5.91 Å². The van der Waals surface area contributed by atoms with E-state index < -0.39 is 0 Å². The first-order chi connectivity index (χ1) is 10.5. The molecule has 0 atom stereocenters. The van der Waals surface area contributed by atoms with E-state index in [1.807, 2.05) is 16.0 Å². The lowest BCUT2D eigenvalue weighted by Crippen LogP contribution is -2.28. The molecule has 1 amide bonds. The number of carbonyl (C=O) groups excluding carboxylic acids is 1. The highest BCUT2D eigenvalue weighted by molar-refractivity contribution is 7.15. The summed E-state index contributed by atoms with van der Waals surface area (Å²) in [5.74, 6) is 0.386. The van der Waals surface area contributed by atoms with Gasteiger partial charge in [0.15, 0.2) is 4.96 Å². The van der Waals surface area contributed by atoms with Crippen molar-refractivity contribution in [2.45, 2.75) is 20.8 Å². The normalized spacial score (nSPS) is 11.3. The molecule has 114 valence electrons. The molecule has 1 aromatic carbocycles. The quantitative estimate of drug-likeness (QED) is 0.797. The van der Waals surface area contributed by atoms with Crippen molar-refractivity contribution >= 4 is 22.2 Å². The summed E-state index contributed by atoms with van der Waals surface area (Å²) in [6.07, 6.45) is 1.93. The summed E-state index contributed by atoms with van der Waals surface area (Å²) in [5, 5.41) is 4.81. The number of rotatable bonds is 4. The molecule has 2 heterocycles. The number of fused-ring (bicyclic) bond motifs is 1. The van der Waals surface area contributed by atoms with Crippen LogP contribution in [0.5, 0.6) is 0 Å². The Morgan fingerprint density at radius 2 is 2.05 bits per heavy atom. The fourth-order valence-corrected chi connectivity index (χ4v) is 3.05. The van der Waals surface area contributed by atoms with Gasteiger partial charge in [-0.3, -0.25) is 9.20 Å². The van der Waals surface area contributed by atoms with Gasteiger partial charge in [-0.25, -0.2) is 4.98 Å². The van der Waals surface area contributed by atoms with E-state index >= 15 is 0 Å². The van der Waals surface area contributed by atoms with Crippen molar-refractivity contribution in [1.29, 1.82) is 0 Å². The summed E-state index contributed by atoms with van der Waals surface area (Å²) < 4.78 is 1.87. The van der Waals surface area contributed by atoms with Gasteiger partial charge < -0.3 is 5.32 Å². The van der Waals surface area contributed by atoms with Crippen LogP contribution in [0.25, 0.3) is 16.2 Å². The van der Waals surface area contributed by atoms with Crippen LogP contribution >= 0.6 is 11.3 Å². The zero-order valence-corrected chi connectivity index (χ0v) is 13.8. The summed E-state index contributed by atoms with van der Waals surface area (Å²) in [6, 6.07) is 8.25. The molecule has 1 N–H and O–H groups in total. The maximum absolute atomic E-state index is 12.3. The smallest absolute Gasteiger partial charge is 0.269 e. The van der Waals surface area contributed by atoms with Crippen LogP contribution in [0.3, 0.4) is 0 Å². The number of imidazole rings is 1. The summed E-state index contributed by atoms with van der Waals surface area (Å²) in [4.78, 5) is 17.7. The Balaban J connectivity index is 1.91. The fraction of sp³-hybridized carbons (Fsp3) is 0.294. The van der Waals surface area contributed by atoms with Gasteiger partial charge in [-0.1, -0.05) is 43.7 Å². The lowest BCUT2D eigenvalue weighted by atomic mass is 10.1. The number of hydrogen-bond acceptors (Lipinski definition) is 3. The van der Waals surface area contributed by atoms with Crippen molar-refractivity contribution < 1.29 is 4.79 Å². The van der Waals surface area contributed by atoms with Gasteiger partial charge in [0.05, 0.1) is 5.69 Å². The van der Waals surface area contributed by atoms with Crippen LogP contribution in [0.1, 0.15) is 29.9 Å². The van der Waals surface area contributed by atoms with Crippen molar-refractivity contribution in [3.05, 3.63) is 47.1 Å². The molecule has 0 saturated carbocycles. The number of carbonyl (C=O) groups is 1. The number of benzene rings is 1. The largest absolute Gasteiger partial charge is 0.350 e. The average Bonchev–Trinajstić information content (AvgIpc) is 3.05. The van der Waals surface area contributed by atoms with Crippen molar-refractivity contribution in [2.75, 3.05) is 6.54 Å². The molecule has 3 rings (SSSR count). The van der Waals surface area contributed by atoms with Gasteiger partial charge in [-0.05, 0) is 12.8 Å². The zero-order chi connectivity index (χ0) is 15.7. The minimum Gasteiger partial charge on any atom is -0.350 e. The first-order valence-electron chi connectivity index (χ1n) is 7.36. The summed E-state index contributed by atoms with van der Waals surface area (Å²) in [7, 11) is 0. The van der Waals surface area contributed by atoms with Gasteiger partial charge in [0.1, 0.15) is 5.69 Å². The highest BCUT2D eigenvalue weighted by Crippen LogP contribution is 2.24. The van der Waals surface area contributed by atoms with E-state index in [4.69, 9.17) is 0 Å². The number of thiazole rings is 1. The second-order valence-corrected chi connectivity index (χ2v) is 6.71. The second kappa shape index (κ2) is 5.93. The van der Waals surface area contributed by atoms with Gasteiger partial charge in [-0.15, -0.1) is 11.3 Å². The highest BCUT2D eigenvalue weighted by Gasteiger charge is 2.15. The summed E-state index contributed by atoms with van der Waals surface area (Å²) >= 11 is 1.49. The van der Waals surface area contributed by atoms with E-state index in [9.17, 15) is 4.79 Å². The highest BCUT2D eigenvalue weighted by atomic mass is 32.1. The summed E-state index contributed by atoms with van der Waals surface area (Å²) in [6.45, 7) is 6.90. The predicted molar refractivity (Wildman–Crippen MR) is 90.4 cm³/mol. The van der Waals surface area contributed by atoms with E-state index in [0.717, 1.165) is 16.2 Å². The number of hydrogen-bond donors (Lipinski definition) is 1. The van der Waals surface area contributed by atoms with Gasteiger partial charge >= 0.3 is 0 Å². The third kappa shape index (κ3) is 2.90. The van der Waals surface area contributed by atoms with Crippen LogP contribution in [0.15, 0.2) is 35.8 Å². The Morgan fingerprint density at radius 1 is 1.32 bits per heavy atom. The Kier molecular flexibility index (Phi) is 3.98. The van der Waals surface area contributed by atoms with Crippen LogP contribution in [0.2, 0.25) is 0 Å². The molecule has 0 radical (unpaired) electrons. The molecule has 0 bridgehead atoms. The number of amides is 1. The molecule has 3 aromatic rings. The Labute approximate surface area is 133 Å². The molecule has 0 fully saturated rings. The maximum atomic E-state index is 12.3. The molecule has 22 heavy (non-hydrogen) atoms. The number of aryl methyl sites for hydroxylation is 1. The molecule has 0 aliphatic carbocycles. The van der Waals surface area contributed by atoms with E-state index in [1.165, 1.54) is 16.9 Å². The first kappa shape index (κ1) is 14.8. The van der Waals surface area contributed by atoms with Gasteiger partial charge in [-0.2, -0.15) is 0 Å². The lowest BCUT2D eigenvalue weighted by Gasteiger charge is -2.06. The minimum absolute atomic E-state index is 0.0483. The van der Waals surface area contributed by atoms with E-state index in [0.29, 0.717) is 18.2 Å². The molecule has 4 nitrogen and oxygen atoms in total. The van der Waals surface area contributed by atoms with Gasteiger partial charge in [0, 0.05) is 23.7 Å². The SMILES string of the molecule is Cc1ccc(-c2cn3c(C(=O)NCC(C)C)csc3n2)cc1. The number of nitrogens with one attached hydrogen (secondary N) is 1. The van der Waals surface area contributed by atoms with Crippen LogP contribution < -0.4 is 5.32 Å². The molecular weight excluding hydrogens is 294 g/mol. The Bertz CT molecular complexity index is 799. The number of aromatic nitrogens is 2. The lowest BCUT2D eigenvalue weighted by molar-refractivity contribution is 0.0943. The monoisotopic (exact) mass is 313 g/mol. The van der Waals surface area contributed by atoms with Crippen molar-refractivity contribution in [3.63, 3.8) is 0 Å². The van der Waals surface area contributed by atoms with Crippen molar-refractivity contribution in [2.24, 2.45) is 5.92 Å². The van der Waals surface area contributed by atoms with Crippen LogP contribution in [-0.2, 0) is 0 Å². The predicted octanol–water partition coefficient (Wildman–Crippen LogP) is 3.76. The molecule has 5 heteroatoms. The average molecular weight is 313 g/mol. The van der Waals surface area contributed by atoms with Crippen molar-refractivity contribution in [1.82, 2.24) is 14.7 Å². The maximum Gasteiger partial charge on any atom is 0.269 e. The van der Waals surface area contributed by atoms with Crippen molar-refractivity contribution in [3.8, 4) is 11.3 Å². The van der Waals surface area contributed by atoms with E-state index in [1.54, 1.807) is 0 Å². The molecule has 0 spiro atoms. The standard InChI is InChI=1S/C17H19N3OS/c1-11(2)8-18-16(21)15-10-22-17-19-14(9-20(15)17)13-6-4-12(3)5-7-13/h4-7,9-11H,8H2,1-3H3,(H,18,21). The van der Waals surface area contributed by atoms with Crippen LogP contribution in [-0.4, -0.2) is 21.8 Å². The molecule has 0 aliphatic heterocycles. The molecule has 2 aromatic heterocycles. The fourth-order valence-electron chi connectivity index (χ4n) is 2.20. The number of nitrogens with zero attached hydrogens (tertiary/aromatic N) is 2. The van der Waals surface area contributed by atoms with Gasteiger partial charge in [0.25, 0.3) is 5.91 Å². The Morgan fingerprint density at radius 3 is 2.73 bits per heavy atom. The topological polar surface area (TPSA) is 46.4 Å². The third-order valence-electron chi connectivity index (χ3n) is 3.46.